The predicted octanol–water partition coefficient (Wildman–Crippen LogP) is 3.15. The molecule has 1 aliphatic heterocycles. The zero-order valence-corrected chi connectivity index (χ0v) is 18.2. The van der Waals surface area contributed by atoms with Gasteiger partial charge < -0.3 is 15.5 Å². The van der Waals surface area contributed by atoms with Gasteiger partial charge in [0, 0.05) is 30.1 Å². The second-order valence-electron chi connectivity index (χ2n) is 8.42. The molecular formula is C27H30N3O2+. The predicted molar refractivity (Wildman–Crippen MR) is 128 cm³/mol. The molecule has 32 heavy (non-hydrogen) atoms. The van der Waals surface area contributed by atoms with Crippen molar-refractivity contribution in [2.75, 3.05) is 30.3 Å². The Labute approximate surface area is 189 Å². The number of benzene rings is 3. The molecule has 0 unspecified atom stereocenters. The lowest BCUT2D eigenvalue weighted by Crippen LogP contribution is -3.14. The van der Waals surface area contributed by atoms with Crippen LogP contribution in [0.25, 0.3) is 0 Å². The Morgan fingerprint density at radius 1 is 0.781 bits per heavy atom. The van der Waals surface area contributed by atoms with Gasteiger partial charge in [0.2, 0.25) is 5.91 Å². The largest absolute Gasteiger partial charge is 0.327 e. The molecule has 1 heterocycles. The highest BCUT2D eigenvalue weighted by Gasteiger charge is 2.28. The molecule has 4 rings (SSSR count). The van der Waals surface area contributed by atoms with Crippen LogP contribution in [-0.4, -0.2) is 31.4 Å². The van der Waals surface area contributed by atoms with E-state index >= 15 is 0 Å². The van der Waals surface area contributed by atoms with Crippen LogP contribution in [0.5, 0.6) is 0 Å². The van der Waals surface area contributed by atoms with Crippen LogP contribution in [-0.2, 0) is 16.0 Å². The molecule has 3 N–H and O–H groups in total. The van der Waals surface area contributed by atoms with Crippen molar-refractivity contribution in [3.8, 4) is 0 Å². The Kier molecular flexibility index (Phi) is 7.31. The minimum Gasteiger partial charge on any atom is -0.327 e. The second kappa shape index (κ2) is 10.7. The zero-order valence-electron chi connectivity index (χ0n) is 18.2. The molecule has 3 aromatic carbocycles. The fourth-order valence-corrected chi connectivity index (χ4v) is 4.26. The highest BCUT2D eigenvalue weighted by molar-refractivity contribution is 5.93. The smallest absolute Gasteiger partial charge is 0.279 e. The summed E-state index contributed by atoms with van der Waals surface area (Å²) < 4.78 is 0. The summed E-state index contributed by atoms with van der Waals surface area (Å²) in [5.41, 5.74) is 4.03. The van der Waals surface area contributed by atoms with E-state index < -0.39 is 0 Å². The number of carbonyl (C=O) groups is 2. The molecule has 0 aliphatic carbocycles. The average Bonchev–Trinajstić information content (AvgIpc) is 2.82. The van der Waals surface area contributed by atoms with E-state index in [0.717, 1.165) is 49.3 Å². The molecule has 0 aromatic heterocycles. The van der Waals surface area contributed by atoms with Gasteiger partial charge in [0.25, 0.3) is 5.91 Å². The van der Waals surface area contributed by atoms with Gasteiger partial charge in [-0.25, -0.2) is 0 Å². The van der Waals surface area contributed by atoms with Gasteiger partial charge in [-0.05, 0) is 35.7 Å². The summed E-state index contributed by atoms with van der Waals surface area (Å²) in [5.74, 6) is 0.107. The first kappa shape index (κ1) is 21.8. The average molecular weight is 429 g/mol. The van der Waals surface area contributed by atoms with Crippen molar-refractivity contribution in [3.05, 3.63) is 96.1 Å². The number of likely N-dealkylation sites (tertiary alicyclic amines) is 1. The quantitative estimate of drug-likeness (QED) is 0.541. The summed E-state index contributed by atoms with van der Waals surface area (Å²) in [4.78, 5) is 26.5. The van der Waals surface area contributed by atoms with Crippen molar-refractivity contribution in [3.63, 3.8) is 0 Å². The van der Waals surface area contributed by atoms with Crippen LogP contribution >= 0.6 is 0 Å². The molecule has 0 radical (unpaired) electrons. The number of amides is 2. The third kappa shape index (κ3) is 6.05. The Bertz CT molecular complexity index is 1030. The summed E-state index contributed by atoms with van der Waals surface area (Å²) >= 11 is 0. The maximum Gasteiger partial charge on any atom is 0.279 e. The number of quaternary nitrogens is 1. The topological polar surface area (TPSA) is 62.6 Å². The molecule has 5 nitrogen and oxygen atoms in total. The van der Waals surface area contributed by atoms with Gasteiger partial charge in [0.05, 0.1) is 13.1 Å². The molecule has 5 heteroatoms. The molecule has 3 aromatic rings. The van der Waals surface area contributed by atoms with E-state index in [2.05, 4.69) is 28.8 Å². The third-order valence-corrected chi connectivity index (χ3v) is 6.04. The molecule has 0 spiro atoms. The third-order valence-electron chi connectivity index (χ3n) is 6.04. The monoisotopic (exact) mass is 428 g/mol. The van der Waals surface area contributed by atoms with Crippen molar-refractivity contribution in [2.45, 2.75) is 19.3 Å². The maximum absolute atomic E-state index is 12.7. The summed E-state index contributed by atoms with van der Waals surface area (Å²) in [7, 11) is 0. The SMILES string of the molecule is O=C(C[NH+]1CCC(C(=O)Nc2ccccc2)CC1)Nc1ccccc1Cc1ccccc1. The van der Waals surface area contributed by atoms with Crippen molar-refractivity contribution in [2.24, 2.45) is 5.92 Å². The second-order valence-corrected chi connectivity index (χ2v) is 8.42. The van der Waals surface area contributed by atoms with Crippen molar-refractivity contribution < 1.29 is 14.5 Å². The van der Waals surface area contributed by atoms with Gasteiger partial charge in [-0.2, -0.15) is 0 Å². The lowest BCUT2D eigenvalue weighted by Gasteiger charge is -2.28. The summed E-state index contributed by atoms with van der Waals surface area (Å²) in [6.45, 7) is 2.07. The number of para-hydroxylation sites is 2. The van der Waals surface area contributed by atoms with Crippen LogP contribution in [0.1, 0.15) is 24.0 Å². The van der Waals surface area contributed by atoms with E-state index in [9.17, 15) is 9.59 Å². The Hall–Kier alpha value is -3.44. The Morgan fingerprint density at radius 2 is 1.41 bits per heavy atom. The van der Waals surface area contributed by atoms with Crippen LogP contribution in [0, 0.1) is 5.92 Å². The highest BCUT2D eigenvalue weighted by Crippen LogP contribution is 2.19. The summed E-state index contributed by atoms with van der Waals surface area (Å²) in [6, 6.07) is 27.8. The maximum atomic E-state index is 12.7. The normalized spacial score (nSPS) is 18.0. The van der Waals surface area contributed by atoms with E-state index in [0.29, 0.717) is 6.54 Å². The summed E-state index contributed by atoms with van der Waals surface area (Å²) in [6.07, 6.45) is 2.38. The Morgan fingerprint density at radius 3 is 2.12 bits per heavy atom. The molecular weight excluding hydrogens is 398 g/mol. The van der Waals surface area contributed by atoms with Crippen molar-refractivity contribution >= 4 is 23.2 Å². The fraction of sp³-hybridized carbons (Fsp3) is 0.259. The molecule has 1 aliphatic rings. The minimum absolute atomic E-state index is 0.00798. The number of nitrogens with one attached hydrogen (secondary N) is 3. The first-order chi connectivity index (χ1) is 15.7. The lowest BCUT2D eigenvalue weighted by atomic mass is 9.95. The molecule has 0 bridgehead atoms. The first-order valence-corrected chi connectivity index (χ1v) is 11.3. The molecule has 0 saturated carbocycles. The fourth-order valence-electron chi connectivity index (χ4n) is 4.26. The van der Waals surface area contributed by atoms with Gasteiger partial charge in [-0.3, -0.25) is 9.59 Å². The van der Waals surface area contributed by atoms with Crippen LogP contribution in [0.4, 0.5) is 11.4 Å². The van der Waals surface area contributed by atoms with E-state index in [1.807, 2.05) is 66.7 Å². The van der Waals surface area contributed by atoms with Crippen LogP contribution < -0.4 is 15.5 Å². The number of carbonyl (C=O) groups excluding carboxylic acids is 2. The van der Waals surface area contributed by atoms with E-state index in [1.54, 1.807) is 0 Å². The van der Waals surface area contributed by atoms with Crippen molar-refractivity contribution in [1.82, 2.24) is 0 Å². The van der Waals surface area contributed by atoms with Crippen LogP contribution in [0.15, 0.2) is 84.9 Å². The van der Waals surface area contributed by atoms with Crippen molar-refractivity contribution in [1.29, 1.82) is 0 Å². The van der Waals surface area contributed by atoms with Crippen LogP contribution in [0.3, 0.4) is 0 Å². The van der Waals surface area contributed by atoms with E-state index in [-0.39, 0.29) is 17.7 Å². The molecule has 164 valence electrons. The van der Waals surface area contributed by atoms with Gasteiger partial charge in [-0.1, -0.05) is 66.7 Å². The number of anilines is 2. The zero-order chi connectivity index (χ0) is 22.2. The van der Waals surface area contributed by atoms with Gasteiger partial charge in [0.1, 0.15) is 0 Å². The van der Waals surface area contributed by atoms with E-state index in [1.165, 1.54) is 10.5 Å². The highest BCUT2D eigenvalue weighted by atomic mass is 16.2. The number of rotatable bonds is 7. The number of hydrogen-bond acceptors (Lipinski definition) is 2. The number of piperidine rings is 1. The minimum atomic E-state index is 0.00798. The first-order valence-electron chi connectivity index (χ1n) is 11.3. The number of hydrogen-bond donors (Lipinski definition) is 3. The summed E-state index contributed by atoms with van der Waals surface area (Å²) in [5, 5.41) is 6.10. The van der Waals surface area contributed by atoms with E-state index in [4.69, 9.17) is 0 Å². The van der Waals surface area contributed by atoms with Gasteiger partial charge >= 0.3 is 0 Å². The molecule has 2 amide bonds. The molecule has 0 atom stereocenters. The van der Waals surface area contributed by atoms with Crippen LogP contribution in [0.2, 0.25) is 0 Å². The molecule has 1 saturated heterocycles. The van der Waals surface area contributed by atoms with Gasteiger partial charge in [-0.15, -0.1) is 0 Å². The lowest BCUT2D eigenvalue weighted by molar-refractivity contribution is -0.897. The standard InChI is InChI=1S/C27H29N3O2/c31-26(29-25-14-8-7-11-23(25)19-21-9-3-1-4-10-21)20-30-17-15-22(16-18-30)27(32)28-24-12-5-2-6-13-24/h1-14,22H,15-20H2,(H,28,32)(H,29,31)/p+1. The Balaban J connectivity index is 1.26. The van der Waals surface area contributed by atoms with Gasteiger partial charge in [0.15, 0.2) is 6.54 Å². The molecule has 1 fully saturated rings.